The van der Waals surface area contributed by atoms with Gasteiger partial charge in [-0.05, 0) is 29.9 Å². The lowest BCUT2D eigenvalue weighted by atomic mass is 9.91. The van der Waals surface area contributed by atoms with Gasteiger partial charge in [0.25, 0.3) is 0 Å². The van der Waals surface area contributed by atoms with Crippen LogP contribution in [-0.4, -0.2) is 6.54 Å². The van der Waals surface area contributed by atoms with Crippen molar-refractivity contribution in [1.29, 1.82) is 0 Å². The van der Waals surface area contributed by atoms with Crippen molar-refractivity contribution in [2.75, 3.05) is 11.9 Å². The van der Waals surface area contributed by atoms with Crippen LogP contribution in [0.3, 0.4) is 0 Å². The Balaban J connectivity index is 2.17. The van der Waals surface area contributed by atoms with Crippen molar-refractivity contribution >= 4 is 11.8 Å². The highest BCUT2D eigenvalue weighted by Crippen LogP contribution is 2.50. The van der Waals surface area contributed by atoms with Gasteiger partial charge >= 0.3 is 0 Å². The van der Waals surface area contributed by atoms with Crippen LogP contribution in [0, 0.1) is 0 Å². The van der Waals surface area contributed by atoms with E-state index in [4.69, 9.17) is 0 Å². The summed E-state index contributed by atoms with van der Waals surface area (Å²) in [6, 6.07) is 6.63. The number of benzene rings is 1. The van der Waals surface area contributed by atoms with Gasteiger partial charge in [-0.15, -0.1) is 0 Å². The smallest absolute Gasteiger partial charge is 0.0419 e. The molecule has 1 aliphatic heterocycles. The lowest BCUT2D eigenvalue weighted by Crippen LogP contribution is -2.10. The van der Waals surface area contributed by atoms with Crippen molar-refractivity contribution in [3.05, 3.63) is 35.4 Å². The molecule has 0 saturated heterocycles. The van der Waals surface area contributed by atoms with Crippen LogP contribution in [0.25, 0.3) is 6.08 Å². The summed E-state index contributed by atoms with van der Waals surface area (Å²) in [5, 5.41) is 3.42. The maximum absolute atomic E-state index is 3.42. The first kappa shape index (κ1) is 8.10. The molecule has 0 atom stereocenters. The van der Waals surface area contributed by atoms with Crippen molar-refractivity contribution in [1.82, 2.24) is 0 Å². The average molecular weight is 185 g/mol. The summed E-state index contributed by atoms with van der Waals surface area (Å²) in [6.07, 6.45) is 7.16. The van der Waals surface area contributed by atoms with E-state index >= 15 is 0 Å². The molecule has 0 amide bonds. The van der Waals surface area contributed by atoms with Gasteiger partial charge in [-0.25, -0.2) is 0 Å². The van der Waals surface area contributed by atoms with Crippen LogP contribution >= 0.6 is 0 Å². The molecular weight excluding hydrogens is 170 g/mol. The molecule has 1 fully saturated rings. The zero-order valence-corrected chi connectivity index (χ0v) is 8.51. The second-order valence-electron chi connectivity index (χ2n) is 4.61. The number of rotatable bonds is 1. The summed E-state index contributed by atoms with van der Waals surface area (Å²) < 4.78 is 0. The van der Waals surface area contributed by atoms with Crippen LogP contribution < -0.4 is 5.32 Å². The highest BCUT2D eigenvalue weighted by Gasteiger charge is 2.40. The van der Waals surface area contributed by atoms with E-state index in [-0.39, 0.29) is 0 Å². The van der Waals surface area contributed by atoms with Crippen molar-refractivity contribution in [2.45, 2.75) is 25.2 Å². The van der Waals surface area contributed by atoms with Gasteiger partial charge in [-0.3, -0.25) is 0 Å². The molecule has 14 heavy (non-hydrogen) atoms. The van der Waals surface area contributed by atoms with E-state index in [1.54, 1.807) is 0 Å². The molecule has 1 heterocycles. The SMILES string of the molecule is CC1(c2cccc3c2C=CCN3)CC1. The second kappa shape index (κ2) is 2.63. The van der Waals surface area contributed by atoms with E-state index in [1.165, 1.54) is 29.7 Å². The Morgan fingerprint density at radius 1 is 1.29 bits per heavy atom. The first-order valence-electron chi connectivity index (χ1n) is 5.33. The van der Waals surface area contributed by atoms with Gasteiger partial charge in [0, 0.05) is 17.8 Å². The third kappa shape index (κ3) is 1.08. The van der Waals surface area contributed by atoms with Crippen LogP contribution in [0.1, 0.15) is 30.9 Å². The van der Waals surface area contributed by atoms with Gasteiger partial charge in [-0.1, -0.05) is 31.2 Å². The van der Waals surface area contributed by atoms with Crippen molar-refractivity contribution in [3.8, 4) is 0 Å². The van der Waals surface area contributed by atoms with Crippen LogP contribution in [0.4, 0.5) is 5.69 Å². The van der Waals surface area contributed by atoms with Crippen LogP contribution in [-0.2, 0) is 5.41 Å². The Bertz CT molecular complexity index is 400. The van der Waals surface area contributed by atoms with Gasteiger partial charge in [0.15, 0.2) is 0 Å². The van der Waals surface area contributed by atoms with E-state index < -0.39 is 0 Å². The summed E-state index contributed by atoms with van der Waals surface area (Å²) in [5.74, 6) is 0. The molecule has 72 valence electrons. The predicted octanol–water partition coefficient (Wildman–Crippen LogP) is 3.18. The maximum atomic E-state index is 3.42. The van der Waals surface area contributed by atoms with Gasteiger partial charge < -0.3 is 5.32 Å². The van der Waals surface area contributed by atoms with Crippen LogP contribution in [0.15, 0.2) is 24.3 Å². The lowest BCUT2D eigenvalue weighted by molar-refractivity contribution is 0.785. The summed E-state index contributed by atoms with van der Waals surface area (Å²) >= 11 is 0. The Labute approximate surface area is 84.8 Å². The van der Waals surface area contributed by atoms with Crippen LogP contribution in [0.2, 0.25) is 0 Å². The van der Waals surface area contributed by atoms with Crippen molar-refractivity contribution in [2.24, 2.45) is 0 Å². The number of nitrogens with one attached hydrogen (secondary N) is 1. The van der Waals surface area contributed by atoms with Gasteiger partial charge in [0.2, 0.25) is 0 Å². The minimum atomic E-state index is 0.467. The van der Waals surface area contributed by atoms with Gasteiger partial charge in [0.1, 0.15) is 0 Å². The molecule has 0 bridgehead atoms. The number of hydrogen-bond donors (Lipinski definition) is 1. The van der Waals surface area contributed by atoms with Crippen molar-refractivity contribution < 1.29 is 0 Å². The monoisotopic (exact) mass is 185 g/mol. The minimum Gasteiger partial charge on any atom is -0.381 e. The standard InChI is InChI=1S/C13H15N/c1-13(7-8-13)11-5-2-6-12-10(11)4-3-9-14-12/h2-6,14H,7-9H2,1H3. The van der Waals surface area contributed by atoms with E-state index in [1.807, 2.05) is 0 Å². The molecule has 1 saturated carbocycles. The summed E-state index contributed by atoms with van der Waals surface area (Å²) in [7, 11) is 0. The lowest BCUT2D eigenvalue weighted by Gasteiger charge is -2.19. The average Bonchev–Trinajstić information content (AvgIpc) is 2.97. The second-order valence-corrected chi connectivity index (χ2v) is 4.61. The minimum absolute atomic E-state index is 0.467. The van der Waals surface area contributed by atoms with Crippen LogP contribution in [0.5, 0.6) is 0 Å². The number of hydrogen-bond acceptors (Lipinski definition) is 1. The fourth-order valence-corrected chi connectivity index (χ4v) is 2.23. The normalized spacial score (nSPS) is 21.2. The number of anilines is 1. The zero-order valence-electron chi connectivity index (χ0n) is 8.51. The molecule has 1 N–H and O–H groups in total. The Hall–Kier alpha value is -1.24. The third-order valence-corrected chi connectivity index (χ3v) is 3.45. The molecule has 1 aromatic carbocycles. The first-order chi connectivity index (χ1) is 6.80. The zero-order chi connectivity index (χ0) is 9.60. The molecule has 2 aliphatic rings. The molecule has 0 aromatic heterocycles. The maximum Gasteiger partial charge on any atom is 0.0419 e. The fourth-order valence-electron chi connectivity index (χ4n) is 2.23. The molecular formula is C13H15N. The molecule has 0 spiro atoms. The van der Waals surface area contributed by atoms with E-state index in [0.717, 1.165) is 6.54 Å². The van der Waals surface area contributed by atoms with Gasteiger partial charge in [0.05, 0.1) is 0 Å². The molecule has 0 unspecified atom stereocenters. The van der Waals surface area contributed by atoms with Crippen molar-refractivity contribution in [3.63, 3.8) is 0 Å². The highest BCUT2D eigenvalue weighted by molar-refractivity contribution is 5.74. The quantitative estimate of drug-likeness (QED) is 0.708. The summed E-state index contributed by atoms with van der Waals surface area (Å²) in [6.45, 7) is 3.33. The topological polar surface area (TPSA) is 12.0 Å². The van der Waals surface area contributed by atoms with E-state index in [0.29, 0.717) is 5.41 Å². The number of fused-ring (bicyclic) bond motifs is 1. The Morgan fingerprint density at radius 2 is 2.14 bits per heavy atom. The molecule has 3 rings (SSSR count). The van der Waals surface area contributed by atoms with E-state index in [2.05, 4.69) is 42.6 Å². The summed E-state index contributed by atoms with van der Waals surface area (Å²) in [4.78, 5) is 0. The third-order valence-electron chi connectivity index (χ3n) is 3.45. The Morgan fingerprint density at radius 3 is 2.93 bits per heavy atom. The first-order valence-corrected chi connectivity index (χ1v) is 5.33. The largest absolute Gasteiger partial charge is 0.381 e. The molecule has 1 nitrogen and oxygen atoms in total. The van der Waals surface area contributed by atoms with E-state index in [9.17, 15) is 0 Å². The molecule has 0 radical (unpaired) electrons. The Kier molecular flexibility index (Phi) is 1.52. The highest BCUT2D eigenvalue weighted by atomic mass is 14.9. The van der Waals surface area contributed by atoms with Gasteiger partial charge in [-0.2, -0.15) is 0 Å². The predicted molar refractivity (Wildman–Crippen MR) is 60.6 cm³/mol. The summed E-state index contributed by atoms with van der Waals surface area (Å²) in [5.41, 5.74) is 4.71. The molecule has 1 heteroatoms. The fraction of sp³-hybridized carbons (Fsp3) is 0.385. The molecule has 1 aliphatic carbocycles. The molecule has 1 aromatic rings.